The highest BCUT2D eigenvalue weighted by atomic mass is 32.2. The van der Waals surface area contributed by atoms with Gasteiger partial charge >= 0.3 is 0 Å². The van der Waals surface area contributed by atoms with Crippen LogP contribution in [-0.4, -0.2) is 49.0 Å². The Bertz CT molecular complexity index is 487. The van der Waals surface area contributed by atoms with E-state index in [4.69, 9.17) is 0 Å². The molecule has 1 amide bonds. The number of sulfone groups is 1. The van der Waals surface area contributed by atoms with Crippen LogP contribution in [0.3, 0.4) is 0 Å². The van der Waals surface area contributed by atoms with Crippen LogP contribution in [0.1, 0.15) is 47.0 Å². The molecule has 0 aromatic rings. The molecule has 2 aliphatic rings. The number of amides is 1. The van der Waals surface area contributed by atoms with Gasteiger partial charge in [0.25, 0.3) is 0 Å². The van der Waals surface area contributed by atoms with Crippen molar-refractivity contribution < 1.29 is 13.2 Å². The minimum absolute atomic E-state index is 0.0444. The number of hydrogen-bond donors (Lipinski definition) is 1. The van der Waals surface area contributed by atoms with Crippen LogP contribution < -0.4 is 5.32 Å². The van der Waals surface area contributed by atoms with Crippen molar-refractivity contribution in [3.8, 4) is 0 Å². The molecule has 0 bridgehead atoms. The Morgan fingerprint density at radius 3 is 2.43 bits per heavy atom. The van der Waals surface area contributed by atoms with Crippen molar-refractivity contribution in [1.82, 2.24) is 10.2 Å². The fraction of sp³-hybridized carbons (Fsp3) is 0.933. The molecule has 122 valence electrons. The first kappa shape index (κ1) is 16.7. The largest absolute Gasteiger partial charge is 0.324 e. The quantitative estimate of drug-likeness (QED) is 0.832. The van der Waals surface area contributed by atoms with Gasteiger partial charge in [-0.2, -0.15) is 0 Å². The lowest BCUT2D eigenvalue weighted by Gasteiger charge is -2.29. The van der Waals surface area contributed by atoms with E-state index < -0.39 is 9.84 Å². The first-order chi connectivity index (χ1) is 9.72. The summed E-state index contributed by atoms with van der Waals surface area (Å²) in [4.78, 5) is 14.4. The van der Waals surface area contributed by atoms with Crippen LogP contribution in [0.5, 0.6) is 0 Å². The predicted molar refractivity (Wildman–Crippen MR) is 83.5 cm³/mol. The Hall–Kier alpha value is -0.620. The molecule has 3 unspecified atom stereocenters. The van der Waals surface area contributed by atoms with Crippen molar-refractivity contribution in [3.63, 3.8) is 0 Å². The summed E-state index contributed by atoms with van der Waals surface area (Å²) >= 11 is 0. The van der Waals surface area contributed by atoms with Crippen molar-refractivity contribution in [2.24, 2.45) is 11.8 Å². The van der Waals surface area contributed by atoms with E-state index in [1.165, 1.54) is 0 Å². The Morgan fingerprint density at radius 2 is 1.95 bits per heavy atom. The van der Waals surface area contributed by atoms with Crippen LogP contribution in [0, 0.1) is 11.8 Å². The number of hydrogen-bond acceptors (Lipinski definition) is 4. The average Bonchev–Trinajstić information content (AvgIpc) is 2.83. The summed E-state index contributed by atoms with van der Waals surface area (Å²) in [6, 6.07) is -0.165. The Morgan fingerprint density at radius 1 is 1.29 bits per heavy atom. The second kappa shape index (κ2) is 6.24. The van der Waals surface area contributed by atoms with Crippen LogP contribution in [-0.2, 0) is 14.6 Å². The molecule has 3 atom stereocenters. The smallest absolute Gasteiger partial charge is 0.241 e. The lowest BCUT2D eigenvalue weighted by Crippen LogP contribution is -2.45. The van der Waals surface area contributed by atoms with Gasteiger partial charge in [0.1, 0.15) is 0 Å². The summed E-state index contributed by atoms with van der Waals surface area (Å²) in [7, 11) is -3.01. The predicted octanol–water partition coefficient (Wildman–Crippen LogP) is 1.39. The molecule has 0 aromatic heterocycles. The third-order valence-corrected chi connectivity index (χ3v) is 6.75. The summed E-state index contributed by atoms with van der Waals surface area (Å²) < 4.78 is 24.1. The third-order valence-electron chi connectivity index (χ3n) is 4.49. The van der Waals surface area contributed by atoms with E-state index in [9.17, 15) is 13.2 Å². The molecule has 2 fully saturated rings. The molecule has 1 N–H and O–H groups in total. The van der Waals surface area contributed by atoms with Gasteiger partial charge in [0.15, 0.2) is 9.84 Å². The van der Waals surface area contributed by atoms with Crippen molar-refractivity contribution in [1.29, 1.82) is 0 Å². The number of nitrogens with one attached hydrogen (secondary N) is 1. The molecule has 0 aromatic carbocycles. The lowest BCUT2D eigenvalue weighted by atomic mass is 10.0. The Labute approximate surface area is 128 Å². The molecule has 2 rings (SSSR count). The zero-order chi connectivity index (χ0) is 15.8. The first-order valence-corrected chi connectivity index (χ1v) is 9.72. The molecule has 0 radical (unpaired) electrons. The van der Waals surface area contributed by atoms with Gasteiger partial charge in [-0.05, 0) is 31.1 Å². The minimum Gasteiger partial charge on any atom is -0.324 e. The van der Waals surface area contributed by atoms with Gasteiger partial charge in [0.2, 0.25) is 5.91 Å². The monoisotopic (exact) mass is 316 g/mol. The maximum Gasteiger partial charge on any atom is 0.241 e. The second-order valence-corrected chi connectivity index (χ2v) is 9.56. The summed E-state index contributed by atoms with van der Waals surface area (Å²) in [5.41, 5.74) is 0. The third kappa shape index (κ3) is 3.59. The summed E-state index contributed by atoms with van der Waals surface area (Å²) in [6.07, 6.45) is 2.17. The summed E-state index contributed by atoms with van der Waals surface area (Å²) in [5, 5.41) is 3.03. The molecule has 0 saturated carbocycles. The zero-order valence-electron chi connectivity index (χ0n) is 13.5. The fourth-order valence-electron chi connectivity index (χ4n) is 3.38. The lowest BCUT2D eigenvalue weighted by molar-refractivity contribution is -0.130. The molecule has 21 heavy (non-hydrogen) atoms. The molecule has 2 heterocycles. The van der Waals surface area contributed by atoms with E-state index in [-0.39, 0.29) is 35.0 Å². The van der Waals surface area contributed by atoms with E-state index in [0.29, 0.717) is 18.9 Å². The second-order valence-electron chi connectivity index (χ2n) is 7.16. The van der Waals surface area contributed by atoms with Gasteiger partial charge in [-0.15, -0.1) is 0 Å². The molecule has 2 saturated heterocycles. The minimum atomic E-state index is -3.01. The molecule has 5 nitrogen and oxygen atoms in total. The van der Waals surface area contributed by atoms with Crippen molar-refractivity contribution in [3.05, 3.63) is 0 Å². The van der Waals surface area contributed by atoms with Crippen LogP contribution in [0.15, 0.2) is 0 Å². The van der Waals surface area contributed by atoms with E-state index in [0.717, 1.165) is 12.8 Å². The molecule has 0 aliphatic carbocycles. The van der Waals surface area contributed by atoms with Crippen molar-refractivity contribution in [2.45, 2.75) is 64.4 Å². The van der Waals surface area contributed by atoms with E-state index in [1.807, 2.05) is 0 Å². The summed E-state index contributed by atoms with van der Waals surface area (Å²) in [6.45, 7) is 8.69. The van der Waals surface area contributed by atoms with Gasteiger partial charge in [0.05, 0.1) is 23.2 Å². The SMILES string of the molecule is CC(C)CC1NC(C(C)C)N(CC2CCCS2(=O)=O)C1=O. The average molecular weight is 316 g/mol. The van der Waals surface area contributed by atoms with Gasteiger partial charge in [-0.3, -0.25) is 10.1 Å². The van der Waals surface area contributed by atoms with Gasteiger partial charge in [0, 0.05) is 6.54 Å². The normalized spacial score (nSPS) is 32.6. The van der Waals surface area contributed by atoms with E-state index >= 15 is 0 Å². The number of carbonyl (C=O) groups excluding carboxylic acids is 1. The zero-order valence-corrected chi connectivity index (χ0v) is 14.3. The fourth-order valence-corrected chi connectivity index (χ4v) is 5.20. The number of rotatable bonds is 5. The van der Waals surface area contributed by atoms with Crippen LogP contribution >= 0.6 is 0 Å². The molecule has 2 aliphatic heterocycles. The van der Waals surface area contributed by atoms with Crippen molar-refractivity contribution >= 4 is 15.7 Å². The van der Waals surface area contributed by atoms with Crippen LogP contribution in [0.2, 0.25) is 0 Å². The number of nitrogens with zero attached hydrogens (tertiary/aromatic N) is 1. The first-order valence-electron chi connectivity index (χ1n) is 8.00. The molecular weight excluding hydrogens is 288 g/mol. The van der Waals surface area contributed by atoms with E-state index in [1.54, 1.807) is 4.90 Å². The van der Waals surface area contributed by atoms with Crippen molar-refractivity contribution in [2.75, 3.05) is 12.3 Å². The highest BCUT2D eigenvalue weighted by molar-refractivity contribution is 7.92. The van der Waals surface area contributed by atoms with Gasteiger partial charge in [-0.1, -0.05) is 27.7 Å². The maximum atomic E-state index is 12.6. The summed E-state index contributed by atoms with van der Waals surface area (Å²) in [5.74, 6) is 1.06. The maximum absolute atomic E-state index is 12.6. The Kier molecular flexibility index (Phi) is 4.98. The highest BCUT2D eigenvalue weighted by Gasteiger charge is 2.43. The number of carbonyl (C=O) groups is 1. The van der Waals surface area contributed by atoms with E-state index in [2.05, 4.69) is 33.0 Å². The molecular formula is C15H28N2O3S. The molecule has 6 heteroatoms. The standard InChI is InChI=1S/C15H28N2O3S/c1-10(2)8-13-15(18)17(14(16-13)11(3)4)9-12-6-5-7-21(12,19)20/h10-14,16H,5-9H2,1-4H3. The van der Waals surface area contributed by atoms with Gasteiger partial charge < -0.3 is 4.90 Å². The molecule has 0 spiro atoms. The van der Waals surface area contributed by atoms with Crippen LogP contribution in [0.4, 0.5) is 0 Å². The Balaban J connectivity index is 2.13. The topological polar surface area (TPSA) is 66.5 Å². The van der Waals surface area contributed by atoms with Gasteiger partial charge in [-0.25, -0.2) is 8.42 Å². The highest BCUT2D eigenvalue weighted by Crippen LogP contribution is 2.26. The van der Waals surface area contributed by atoms with Crippen LogP contribution in [0.25, 0.3) is 0 Å².